The first-order chi connectivity index (χ1) is 6.27. The average Bonchev–Trinajstić information content (AvgIpc) is 2.09. The van der Waals surface area contributed by atoms with Gasteiger partial charge in [0.05, 0.1) is 0 Å². The molecule has 0 aliphatic carbocycles. The van der Waals surface area contributed by atoms with Crippen LogP contribution in [0.5, 0.6) is 0 Å². The Bertz CT molecular complexity index is 186. The molecule has 0 fully saturated rings. The first-order valence-electron chi connectivity index (χ1n) is 4.87. The van der Waals surface area contributed by atoms with Crippen molar-refractivity contribution in [3.8, 4) is 11.8 Å². The van der Waals surface area contributed by atoms with Crippen molar-refractivity contribution < 1.29 is 9.90 Å². The highest BCUT2D eigenvalue weighted by molar-refractivity contribution is 5.63. The van der Waals surface area contributed by atoms with Crippen LogP contribution in [0.2, 0.25) is 0 Å². The fourth-order valence-corrected chi connectivity index (χ4v) is 1.14. The lowest BCUT2D eigenvalue weighted by molar-refractivity contribution is -0.305. The van der Waals surface area contributed by atoms with Crippen LogP contribution in [0, 0.1) is 11.8 Å². The summed E-state index contributed by atoms with van der Waals surface area (Å²) in [5, 5.41) is 10.0. The number of hydrogen-bond acceptors (Lipinski definition) is 2. The molecule has 0 atom stereocenters. The van der Waals surface area contributed by atoms with E-state index in [0.29, 0.717) is 0 Å². The third kappa shape index (κ3) is 11.0. The molecule has 74 valence electrons. The number of carbonyl (C=O) groups is 1. The molecule has 0 bridgehead atoms. The van der Waals surface area contributed by atoms with Crippen molar-refractivity contribution in [1.82, 2.24) is 0 Å². The summed E-state index contributed by atoms with van der Waals surface area (Å²) in [6.45, 7) is 1.85. The van der Waals surface area contributed by atoms with Crippen LogP contribution in [0.15, 0.2) is 0 Å². The van der Waals surface area contributed by atoms with Crippen LogP contribution in [0.4, 0.5) is 0 Å². The van der Waals surface area contributed by atoms with Gasteiger partial charge in [0.25, 0.3) is 0 Å². The second-order valence-corrected chi connectivity index (χ2v) is 3.07. The van der Waals surface area contributed by atoms with Gasteiger partial charge in [0.15, 0.2) is 0 Å². The Balaban J connectivity index is 2.98. The first-order valence-corrected chi connectivity index (χ1v) is 4.87. The molecule has 13 heavy (non-hydrogen) atoms. The molecule has 0 aromatic heterocycles. The first kappa shape index (κ1) is 12.0. The van der Waals surface area contributed by atoms with Crippen molar-refractivity contribution in [3.63, 3.8) is 0 Å². The molecule has 0 unspecified atom stereocenters. The topological polar surface area (TPSA) is 40.1 Å². The van der Waals surface area contributed by atoms with Crippen molar-refractivity contribution in [2.75, 3.05) is 0 Å². The van der Waals surface area contributed by atoms with E-state index in [2.05, 4.69) is 11.8 Å². The van der Waals surface area contributed by atoms with Crippen LogP contribution >= 0.6 is 0 Å². The molecule has 0 rings (SSSR count). The molecular weight excluding hydrogens is 164 g/mol. The highest BCUT2D eigenvalue weighted by Gasteiger charge is 1.90. The Morgan fingerprint density at radius 1 is 1.15 bits per heavy atom. The maximum Gasteiger partial charge on any atom is 0.0414 e. The Morgan fingerprint density at radius 3 is 2.38 bits per heavy atom. The van der Waals surface area contributed by atoms with E-state index in [4.69, 9.17) is 0 Å². The summed E-state index contributed by atoms with van der Waals surface area (Å²) in [6.07, 6.45) is 6.31. The molecule has 0 saturated heterocycles. The van der Waals surface area contributed by atoms with Crippen LogP contribution in [0.25, 0.3) is 0 Å². The van der Waals surface area contributed by atoms with Gasteiger partial charge >= 0.3 is 0 Å². The molecule has 0 amide bonds. The zero-order valence-electron chi connectivity index (χ0n) is 8.27. The quantitative estimate of drug-likeness (QED) is 0.441. The highest BCUT2D eigenvalue weighted by Crippen LogP contribution is 2.06. The fraction of sp³-hybridized carbons (Fsp3) is 0.727. The molecule has 2 heteroatoms. The van der Waals surface area contributed by atoms with Gasteiger partial charge in [-0.3, -0.25) is 0 Å². The largest absolute Gasteiger partial charge is 0.550 e. The molecule has 0 N–H and O–H groups in total. The standard InChI is InChI=1S/C11H18O2/c1-2-3-4-5-6-7-8-9-10-11(12)13/h4-10H2,1H3,(H,12,13)/p-1. The summed E-state index contributed by atoms with van der Waals surface area (Å²) in [6, 6.07) is 0. The molecule has 2 nitrogen and oxygen atoms in total. The molecule has 0 aliphatic rings. The molecule has 0 aromatic rings. The minimum atomic E-state index is -0.933. The van der Waals surface area contributed by atoms with E-state index in [1.54, 1.807) is 0 Å². The van der Waals surface area contributed by atoms with Gasteiger partial charge in [-0.2, -0.15) is 0 Å². The number of carboxylic acids is 1. The summed E-state index contributed by atoms with van der Waals surface area (Å²) in [5.41, 5.74) is 0. The van der Waals surface area contributed by atoms with E-state index in [1.165, 1.54) is 0 Å². The maximum absolute atomic E-state index is 10.0. The van der Waals surface area contributed by atoms with Crippen LogP contribution in [-0.4, -0.2) is 5.97 Å². The molecular formula is C11H17O2-. The third-order valence-electron chi connectivity index (χ3n) is 1.86. The van der Waals surface area contributed by atoms with Gasteiger partial charge in [-0.15, -0.1) is 11.8 Å². The second-order valence-electron chi connectivity index (χ2n) is 3.07. The summed E-state index contributed by atoms with van der Waals surface area (Å²) < 4.78 is 0. The lowest BCUT2D eigenvalue weighted by atomic mass is 10.1. The molecule has 0 aliphatic heterocycles. The zero-order valence-corrected chi connectivity index (χ0v) is 8.27. The van der Waals surface area contributed by atoms with E-state index in [-0.39, 0.29) is 6.42 Å². The van der Waals surface area contributed by atoms with E-state index < -0.39 is 5.97 Å². The molecule has 0 saturated carbocycles. The third-order valence-corrected chi connectivity index (χ3v) is 1.86. The van der Waals surface area contributed by atoms with Gasteiger partial charge in [-0.1, -0.05) is 19.3 Å². The Hall–Kier alpha value is -0.970. The lowest BCUT2D eigenvalue weighted by Gasteiger charge is -2.00. The van der Waals surface area contributed by atoms with Crippen molar-refractivity contribution >= 4 is 5.97 Å². The minimum absolute atomic E-state index is 0.203. The van der Waals surface area contributed by atoms with E-state index >= 15 is 0 Å². The predicted molar refractivity (Wildman–Crippen MR) is 50.8 cm³/mol. The van der Waals surface area contributed by atoms with E-state index in [0.717, 1.165) is 38.5 Å². The molecule has 0 aromatic carbocycles. The summed E-state index contributed by atoms with van der Waals surface area (Å²) in [7, 11) is 0. The fourth-order valence-electron chi connectivity index (χ4n) is 1.14. The Kier molecular flexibility index (Phi) is 8.44. The summed E-state index contributed by atoms with van der Waals surface area (Å²) >= 11 is 0. The van der Waals surface area contributed by atoms with Crippen molar-refractivity contribution in [1.29, 1.82) is 0 Å². The molecule has 0 radical (unpaired) electrons. The number of unbranched alkanes of at least 4 members (excludes halogenated alkanes) is 5. The van der Waals surface area contributed by atoms with Crippen LogP contribution in [0.1, 0.15) is 51.9 Å². The average molecular weight is 181 g/mol. The van der Waals surface area contributed by atoms with Gasteiger partial charge in [0.1, 0.15) is 0 Å². The van der Waals surface area contributed by atoms with Crippen LogP contribution in [-0.2, 0) is 4.79 Å². The van der Waals surface area contributed by atoms with Crippen LogP contribution in [0.3, 0.4) is 0 Å². The van der Waals surface area contributed by atoms with Gasteiger partial charge in [0.2, 0.25) is 0 Å². The van der Waals surface area contributed by atoms with E-state index in [9.17, 15) is 9.90 Å². The van der Waals surface area contributed by atoms with Crippen molar-refractivity contribution in [2.24, 2.45) is 0 Å². The van der Waals surface area contributed by atoms with Gasteiger partial charge < -0.3 is 9.90 Å². The van der Waals surface area contributed by atoms with Crippen molar-refractivity contribution in [3.05, 3.63) is 0 Å². The normalized spacial score (nSPS) is 9.00. The van der Waals surface area contributed by atoms with Gasteiger partial charge in [-0.25, -0.2) is 0 Å². The number of hydrogen-bond donors (Lipinski definition) is 0. The molecule has 0 heterocycles. The van der Waals surface area contributed by atoms with Crippen molar-refractivity contribution in [2.45, 2.75) is 51.9 Å². The number of carboxylic acid groups (broad SMARTS) is 1. The molecule has 0 spiro atoms. The summed E-state index contributed by atoms with van der Waals surface area (Å²) in [4.78, 5) is 10.0. The van der Waals surface area contributed by atoms with Gasteiger partial charge in [0, 0.05) is 12.4 Å². The smallest absolute Gasteiger partial charge is 0.0414 e. The zero-order chi connectivity index (χ0) is 9.94. The van der Waals surface area contributed by atoms with E-state index in [1.807, 2.05) is 6.92 Å². The minimum Gasteiger partial charge on any atom is -0.550 e. The lowest BCUT2D eigenvalue weighted by Crippen LogP contribution is -2.21. The monoisotopic (exact) mass is 181 g/mol. The predicted octanol–water partition coefficient (Wildman–Crippen LogP) is 1.49. The number of carbonyl (C=O) groups excluding carboxylic acids is 1. The summed E-state index contributed by atoms with van der Waals surface area (Å²) in [5.74, 6) is 4.92. The SMILES string of the molecule is CC#CCCCCCCCC(=O)[O-]. The Labute approximate surface area is 80.3 Å². The number of aliphatic carboxylic acids is 1. The Morgan fingerprint density at radius 2 is 1.77 bits per heavy atom. The van der Waals surface area contributed by atoms with Crippen LogP contribution < -0.4 is 5.11 Å². The number of rotatable bonds is 7. The second kappa shape index (κ2) is 9.12. The maximum atomic E-state index is 10.0. The van der Waals surface area contributed by atoms with Gasteiger partial charge in [-0.05, 0) is 26.2 Å². The highest BCUT2D eigenvalue weighted by atomic mass is 16.4.